The second-order valence-electron chi connectivity index (χ2n) is 11.6. The molecule has 2 bridgehead atoms. The molecule has 0 saturated carbocycles. The normalized spacial score (nSPS) is 23.2. The first kappa shape index (κ1) is 27.3. The van der Waals surface area contributed by atoms with E-state index in [2.05, 4.69) is 53.4 Å². The number of hydrogen-bond donors (Lipinski definition) is 1. The van der Waals surface area contributed by atoms with Crippen molar-refractivity contribution in [3.8, 4) is 11.5 Å². The van der Waals surface area contributed by atoms with Gasteiger partial charge in [-0.15, -0.1) is 0 Å². The molecule has 0 radical (unpaired) electrons. The third-order valence-corrected chi connectivity index (χ3v) is 11.3. The molecule has 3 aromatic carbocycles. The van der Waals surface area contributed by atoms with Crippen LogP contribution in [0.5, 0.6) is 11.5 Å². The van der Waals surface area contributed by atoms with Gasteiger partial charge in [-0.1, -0.05) is 48.5 Å². The van der Waals surface area contributed by atoms with Crippen molar-refractivity contribution in [3.63, 3.8) is 0 Å². The van der Waals surface area contributed by atoms with Crippen molar-refractivity contribution >= 4 is 10.0 Å². The summed E-state index contributed by atoms with van der Waals surface area (Å²) in [4.78, 5) is 2.59. The average molecular weight is 563 g/mol. The van der Waals surface area contributed by atoms with Gasteiger partial charge in [-0.25, -0.2) is 12.7 Å². The van der Waals surface area contributed by atoms with Gasteiger partial charge >= 0.3 is 0 Å². The van der Waals surface area contributed by atoms with E-state index in [1.165, 1.54) is 60.9 Å². The fraction of sp³-hybridized carbons (Fsp3) is 0.438. The van der Waals surface area contributed by atoms with Gasteiger partial charge in [0.1, 0.15) is 0 Å². The molecule has 40 heavy (non-hydrogen) atoms. The molecule has 1 saturated heterocycles. The van der Waals surface area contributed by atoms with E-state index in [9.17, 15) is 13.5 Å². The zero-order valence-corrected chi connectivity index (χ0v) is 24.4. The van der Waals surface area contributed by atoms with Gasteiger partial charge in [-0.3, -0.25) is 0 Å². The van der Waals surface area contributed by atoms with Crippen molar-refractivity contribution in [2.75, 3.05) is 47.9 Å². The van der Waals surface area contributed by atoms with E-state index in [-0.39, 0.29) is 27.5 Å². The number of aliphatic hydroxyl groups is 1. The van der Waals surface area contributed by atoms with Gasteiger partial charge in [-0.05, 0) is 72.7 Å². The molecule has 1 N–H and O–H groups in total. The van der Waals surface area contributed by atoms with Crippen LogP contribution in [0.4, 0.5) is 0 Å². The van der Waals surface area contributed by atoms with Gasteiger partial charge in [0.25, 0.3) is 0 Å². The van der Waals surface area contributed by atoms with Crippen molar-refractivity contribution in [2.45, 2.75) is 41.6 Å². The predicted molar refractivity (Wildman–Crippen MR) is 155 cm³/mol. The number of ether oxygens (including phenoxy) is 2. The molecule has 0 aromatic heterocycles. The summed E-state index contributed by atoms with van der Waals surface area (Å²) in [6.07, 6.45) is 1.62. The molecule has 8 heteroatoms. The molecular formula is C32H38N2O5S. The van der Waals surface area contributed by atoms with Crippen LogP contribution in [0.25, 0.3) is 0 Å². The summed E-state index contributed by atoms with van der Waals surface area (Å²) < 4.78 is 38.7. The number of methoxy groups -OCH3 is 2. The number of benzene rings is 3. The number of rotatable bonds is 8. The Morgan fingerprint density at radius 1 is 0.950 bits per heavy atom. The fourth-order valence-corrected chi connectivity index (χ4v) is 8.61. The third kappa shape index (κ3) is 4.07. The van der Waals surface area contributed by atoms with Gasteiger partial charge in [0, 0.05) is 37.5 Å². The Morgan fingerprint density at radius 3 is 2.10 bits per heavy atom. The number of aliphatic hydroxyl groups excluding tert-OH is 1. The molecule has 1 atom stereocenters. The highest BCUT2D eigenvalue weighted by Gasteiger charge is 2.53. The smallest absolute Gasteiger partial charge is 0.243 e. The highest BCUT2D eigenvalue weighted by molar-refractivity contribution is 7.89. The van der Waals surface area contributed by atoms with Crippen LogP contribution in [0.1, 0.15) is 59.1 Å². The molecule has 3 aromatic rings. The monoisotopic (exact) mass is 562 g/mol. The molecule has 2 aliphatic carbocycles. The molecule has 0 spiro atoms. The maximum Gasteiger partial charge on any atom is 0.243 e. The highest BCUT2D eigenvalue weighted by atomic mass is 32.2. The standard InChI is InChI=1S/C32H38N2O5S/c1-33(2)40(36,37)28-14-13-27(38-3)31(39-4)29(28)30(35)21-15-17-34(18-16-21)20-32-19-24(22-9-5-7-11-25(22)32)23-10-6-8-12-26(23)32/h5-14,21,24,30,35H,15-20H2,1-4H3/t24?,30-,32?/m0/s1. The number of fused-ring (bicyclic) bond motifs is 8. The molecule has 1 heterocycles. The summed E-state index contributed by atoms with van der Waals surface area (Å²) in [5.74, 6) is 1.03. The number of hydrogen-bond acceptors (Lipinski definition) is 6. The molecule has 0 unspecified atom stereocenters. The van der Waals surface area contributed by atoms with Crippen LogP contribution in [0.15, 0.2) is 65.6 Å². The van der Waals surface area contributed by atoms with E-state index in [0.717, 1.165) is 38.9 Å². The molecule has 7 nitrogen and oxygen atoms in total. The minimum atomic E-state index is -3.81. The fourth-order valence-electron chi connectivity index (χ4n) is 7.49. The zero-order valence-electron chi connectivity index (χ0n) is 23.6. The van der Waals surface area contributed by atoms with Crippen LogP contribution in [0, 0.1) is 5.92 Å². The number of piperidine rings is 1. The topological polar surface area (TPSA) is 79.3 Å². The van der Waals surface area contributed by atoms with E-state index < -0.39 is 16.1 Å². The second-order valence-corrected chi connectivity index (χ2v) is 13.7. The Labute approximate surface area is 237 Å². The number of nitrogens with zero attached hydrogens (tertiary/aromatic N) is 2. The number of likely N-dealkylation sites (tertiary alicyclic amines) is 1. The van der Waals surface area contributed by atoms with E-state index >= 15 is 0 Å². The summed E-state index contributed by atoms with van der Waals surface area (Å²) in [6, 6.07) is 20.9. The highest BCUT2D eigenvalue weighted by Crippen LogP contribution is 2.60. The van der Waals surface area contributed by atoms with Crippen molar-refractivity contribution in [2.24, 2.45) is 5.92 Å². The van der Waals surface area contributed by atoms with Crippen molar-refractivity contribution < 1.29 is 23.0 Å². The third-order valence-electron chi connectivity index (χ3n) is 9.43. The van der Waals surface area contributed by atoms with Gasteiger partial charge < -0.3 is 19.5 Å². The minimum Gasteiger partial charge on any atom is -0.493 e. The van der Waals surface area contributed by atoms with Gasteiger partial charge in [-0.2, -0.15) is 0 Å². The Bertz CT molecular complexity index is 1480. The number of sulfonamides is 1. The van der Waals surface area contributed by atoms with Crippen LogP contribution in [-0.4, -0.2) is 70.7 Å². The van der Waals surface area contributed by atoms with Gasteiger partial charge in [0.2, 0.25) is 10.0 Å². The molecule has 3 aliphatic rings. The Balaban J connectivity index is 1.26. The second kappa shape index (κ2) is 10.2. The van der Waals surface area contributed by atoms with Gasteiger partial charge in [0.05, 0.1) is 25.2 Å². The first-order valence-corrected chi connectivity index (χ1v) is 15.4. The minimum absolute atomic E-state index is 0.00766. The lowest BCUT2D eigenvalue weighted by Gasteiger charge is -2.41. The largest absolute Gasteiger partial charge is 0.493 e. The SMILES string of the molecule is COc1ccc(S(=O)(=O)N(C)C)c([C@@H](O)C2CCN(CC34CC(c5ccccc53)c3ccccc34)CC2)c1OC. The molecule has 6 rings (SSSR count). The lowest BCUT2D eigenvalue weighted by molar-refractivity contribution is 0.0504. The Kier molecular flexibility index (Phi) is 6.94. The van der Waals surface area contributed by atoms with Crippen molar-refractivity contribution in [1.29, 1.82) is 0 Å². The van der Waals surface area contributed by atoms with Crippen molar-refractivity contribution in [3.05, 3.63) is 88.5 Å². The van der Waals surface area contributed by atoms with Crippen LogP contribution in [0.2, 0.25) is 0 Å². The van der Waals surface area contributed by atoms with Crippen LogP contribution >= 0.6 is 0 Å². The summed E-state index contributed by atoms with van der Waals surface area (Å²) in [5.41, 5.74) is 6.12. The molecule has 212 valence electrons. The van der Waals surface area contributed by atoms with E-state index in [0.29, 0.717) is 11.7 Å². The van der Waals surface area contributed by atoms with Gasteiger partial charge in [0.15, 0.2) is 11.5 Å². The lowest BCUT2D eigenvalue weighted by atomic mass is 9.74. The lowest BCUT2D eigenvalue weighted by Crippen LogP contribution is -2.44. The zero-order chi connectivity index (χ0) is 28.2. The molecule has 1 aliphatic heterocycles. The van der Waals surface area contributed by atoms with E-state index in [1.807, 2.05) is 0 Å². The Morgan fingerprint density at radius 2 is 1.55 bits per heavy atom. The van der Waals surface area contributed by atoms with E-state index in [4.69, 9.17) is 9.47 Å². The van der Waals surface area contributed by atoms with Crippen LogP contribution < -0.4 is 9.47 Å². The quantitative estimate of drug-likeness (QED) is 0.435. The molecule has 1 fully saturated rings. The summed E-state index contributed by atoms with van der Waals surface area (Å²) >= 11 is 0. The first-order chi connectivity index (χ1) is 19.2. The predicted octanol–water partition coefficient (Wildman–Crippen LogP) is 4.53. The maximum absolute atomic E-state index is 13.2. The first-order valence-electron chi connectivity index (χ1n) is 14.0. The maximum atomic E-state index is 13.2. The molecule has 0 amide bonds. The summed E-state index contributed by atoms with van der Waals surface area (Å²) in [6.45, 7) is 2.62. The van der Waals surface area contributed by atoms with E-state index in [1.54, 1.807) is 6.07 Å². The molecular weight excluding hydrogens is 524 g/mol. The Hall–Kier alpha value is -2.91. The van der Waals surface area contributed by atoms with Crippen LogP contribution in [-0.2, 0) is 15.4 Å². The average Bonchev–Trinajstić information content (AvgIpc) is 3.48. The summed E-state index contributed by atoms with van der Waals surface area (Å²) in [7, 11) is 2.17. The van der Waals surface area contributed by atoms with Crippen molar-refractivity contribution in [1.82, 2.24) is 9.21 Å². The van der Waals surface area contributed by atoms with Crippen LogP contribution in [0.3, 0.4) is 0 Å². The summed E-state index contributed by atoms with van der Waals surface area (Å²) in [5, 5.41) is 11.7.